The van der Waals surface area contributed by atoms with Crippen LogP contribution in [0.4, 0.5) is 0 Å². The number of benzene rings is 1. The van der Waals surface area contributed by atoms with Crippen molar-refractivity contribution in [1.82, 2.24) is 0 Å². The highest BCUT2D eigenvalue weighted by molar-refractivity contribution is 7.27. The molecule has 2 heteroatoms. The number of hydrogen-bond donors (Lipinski definition) is 0. The van der Waals surface area contributed by atoms with Gasteiger partial charge in [0.2, 0.25) is 0 Å². The molecule has 0 fully saturated rings. The number of hydrogen-bond acceptors (Lipinski definition) is 1. The summed E-state index contributed by atoms with van der Waals surface area (Å²) in [6.07, 6.45) is 0.580. The minimum atomic E-state index is 0.204. The summed E-state index contributed by atoms with van der Waals surface area (Å²) in [4.78, 5) is 11.1. The van der Waals surface area contributed by atoms with Gasteiger partial charge in [0.1, 0.15) is 0 Å². The number of carbonyl (C=O) groups excluding carboxylic acids is 1. The van der Waals surface area contributed by atoms with Gasteiger partial charge in [-0.05, 0) is 5.30 Å². The fourth-order valence-corrected chi connectivity index (χ4v) is 1.07. The van der Waals surface area contributed by atoms with Gasteiger partial charge in [0, 0.05) is 12.0 Å². The fourth-order valence-electron chi connectivity index (χ4n) is 0.873. The van der Waals surface area contributed by atoms with E-state index in [1.165, 1.54) is 0 Å². The van der Waals surface area contributed by atoms with E-state index in [0.29, 0.717) is 6.42 Å². The van der Waals surface area contributed by atoms with Gasteiger partial charge in [0.15, 0.2) is 5.78 Å². The highest BCUT2D eigenvalue weighted by Gasteiger charge is 1.99. The Bertz CT molecular complexity index is 251. The zero-order valence-electron chi connectivity index (χ0n) is 6.50. The standard InChI is InChI=1S/C9H11OP/c1-2-9(10)7-3-5-8(11)6-4-7/h3-6H,2,11H2,1H3. The Morgan fingerprint density at radius 3 is 2.36 bits per heavy atom. The normalized spacial score (nSPS) is 9.64. The molecule has 0 saturated heterocycles. The first-order chi connectivity index (χ1) is 5.24. The lowest BCUT2D eigenvalue weighted by molar-refractivity contribution is 0.0988. The smallest absolute Gasteiger partial charge is 0.162 e. The Kier molecular flexibility index (Phi) is 2.78. The van der Waals surface area contributed by atoms with Crippen molar-refractivity contribution in [3.63, 3.8) is 0 Å². The van der Waals surface area contributed by atoms with Crippen molar-refractivity contribution in [3.05, 3.63) is 29.8 Å². The average Bonchev–Trinajstić information content (AvgIpc) is 2.05. The Labute approximate surface area is 69.0 Å². The molecule has 1 aromatic carbocycles. The highest BCUT2D eigenvalue weighted by Crippen LogP contribution is 2.02. The average molecular weight is 166 g/mol. The predicted molar refractivity (Wildman–Crippen MR) is 50.4 cm³/mol. The van der Waals surface area contributed by atoms with Crippen molar-refractivity contribution in [3.8, 4) is 0 Å². The van der Waals surface area contributed by atoms with E-state index in [2.05, 4.69) is 9.24 Å². The molecule has 0 aliphatic rings. The molecule has 0 aliphatic carbocycles. The van der Waals surface area contributed by atoms with Crippen LogP contribution in [0.15, 0.2) is 24.3 Å². The van der Waals surface area contributed by atoms with Gasteiger partial charge in [0.25, 0.3) is 0 Å². The van der Waals surface area contributed by atoms with Crippen molar-refractivity contribution in [2.24, 2.45) is 0 Å². The molecule has 1 unspecified atom stereocenters. The van der Waals surface area contributed by atoms with Crippen LogP contribution in [0.2, 0.25) is 0 Å². The number of rotatable bonds is 2. The van der Waals surface area contributed by atoms with Crippen molar-refractivity contribution >= 4 is 20.3 Å². The Morgan fingerprint density at radius 1 is 1.36 bits per heavy atom. The maximum Gasteiger partial charge on any atom is 0.162 e. The molecule has 0 heterocycles. The van der Waals surface area contributed by atoms with Crippen molar-refractivity contribution < 1.29 is 4.79 Å². The van der Waals surface area contributed by atoms with Crippen molar-refractivity contribution in [2.75, 3.05) is 0 Å². The minimum absolute atomic E-state index is 0.204. The summed E-state index contributed by atoms with van der Waals surface area (Å²) in [5.74, 6) is 0.204. The van der Waals surface area contributed by atoms with Crippen molar-refractivity contribution in [1.29, 1.82) is 0 Å². The number of ketones is 1. The molecule has 1 nitrogen and oxygen atoms in total. The van der Waals surface area contributed by atoms with Crippen molar-refractivity contribution in [2.45, 2.75) is 13.3 Å². The van der Waals surface area contributed by atoms with E-state index in [1.807, 2.05) is 31.2 Å². The molecule has 58 valence electrons. The summed E-state index contributed by atoms with van der Waals surface area (Å²) >= 11 is 0. The highest BCUT2D eigenvalue weighted by atomic mass is 31.0. The molecule has 0 aliphatic heterocycles. The van der Waals surface area contributed by atoms with Gasteiger partial charge in [-0.25, -0.2) is 0 Å². The third kappa shape index (κ3) is 2.13. The SMILES string of the molecule is CCC(=O)c1ccc(P)cc1. The molecule has 1 aromatic rings. The quantitative estimate of drug-likeness (QED) is 0.483. The lowest BCUT2D eigenvalue weighted by atomic mass is 10.1. The summed E-state index contributed by atoms with van der Waals surface area (Å²) in [6, 6.07) is 7.56. The van der Waals surface area contributed by atoms with Gasteiger partial charge in [-0.15, -0.1) is 9.24 Å². The van der Waals surface area contributed by atoms with Crippen LogP contribution in [0.1, 0.15) is 23.7 Å². The molecule has 0 bridgehead atoms. The third-order valence-electron chi connectivity index (χ3n) is 1.55. The van der Waals surface area contributed by atoms with Crippen LogP contribution >= 0.6 is 9.24 Å². The fraction of sp³-hybridized carbons (Fsp3) is 0.222. The van der Waals surface area contributed by atoms with Gasteiger partial charge in [-0.2, -0.15) is 0 Å². The van der Waals surface area contributed by atoms with E-state index in [-0.39, 0.29) is 5.78 Å². The minimum Gasteiger partial charge on any atom is -0.294 e. The van der Waals surface area contributed by atoms with E-state index in [9.17, 15) is 4.79 Å². The largest absolute Gasteiger partial charge is 0.294 e. The zero-order chi connectivity index (χ0) is 8.27. The third-order valence-corrected chi connectivity index (χ3v) is 1.94. The first kappa shape index (κ1) is 8.42. The molecule has 0 aromatic heterocycles. The van der Waals surface area contributed by atoms with Crippen LogP contribution in [0.5, 0.6) is 0 Å². The van der Waals surface area contributed by atoms with Crippen LogP contribution < -0.4 is 5.30 Å². The van der Waals surface area contributed by atoms with Gasteiger partial charge in [0.05, 0.1) is 0 Å². The van der Waals surface area contributed by atoms with E-state index < -0.39 is 0 Å². The molecule has 0 saturated carbocycles. The molecule has 1 atom stereocenters. The maximum atomic E-state index is 11.1. The molecular weight excluding hydrogens is 155 g/mol. The number of carbonyl (C=O) groups is 1. The summed E-state index contributed by atoms with van der Waals surface area (Å²) < 4.78 is 0. The second-order valence-electron chi connectivity index (χ2n) is 2.40. The second kappa shape index (κ2) is 3.64. The van der Waals surface area contributed by atoms with E-state index >= 15 is 0 Å². The maximum absolute atomic E-state index is 11.1. The first-order valence-electron chi connectivity index (χ1n) is 3.62. The van der Waals surface area contributed by atoms with Gasteiger partial charge in [-0.1, -0.05) is 31.2 Å². The van der Waals surface area contributed by atoms with E-state index in [1.54, 1.807) is 0 Å². The Hall–Kier alpha value is -0.680. The Morgan fingerprint density at radius 2 is 1.91 bits per heavy atom. The van der Waals surface area contributed by atoms with Gasteiger partial charge < -0.3 is 0 Å². The van der Waals surface area contributed by atoms with Crippen LogP contribution in [0.25, 0.3) is 0 Å². The molecule has 0 radical (unpaired) electrons. The van der Waals surface area contributed by atoms with E-state index in [4.69, 9.17) is 0 Å². The van der Waals surface area contributed by atoms with Crippen LogP contribution in [0.3, 0.4) is 0 Å². The lowest BCUT2D eigenvalue weighted by Gasteiger charge is -1.96. The predicted octanol–water partition coefficient (Wildman–Crippen LogP) is 1.78. The van der Waals surface area contributed by atoms with Crippen LogP contribution in [-0.4, -0.2) is 5.78 Å². The zero-order valence-corrected chi connectivity index (χ0v) is 7.66. The summed E-state index contributed by atoms with van der Waals surface area (Å²) in [5, 5.41) is 1.11. The summed E-state index contributed by atoms with van der Waals surface area (Å²) in [6.45, 7) is 1.87. The molecule has 0 spiro atoms. The summed E-state index contributed by atoms with van der Waals surface area (Å²) in [5.41, 5.74) is 0.804. The molecule has 0 N–H and O–H groups in total. The molecule has 0 amide bonds. The number of Topliss-reactive ketones (excluding diaryl/α,β-unsaturated/α-hetero) is 1. The molecule has 1 rings (SSSR count). The van der Waals surface area contributed by atoms with Gasteiger partial charge in [-0.3, -0.25) is 4.79 Å². The van der Waals surface area contributed by atoms with E-state index in [0.717, 1.165) is 10.9 Å². The molecule has 11 heavy (non-hydrogen) atoms. The second-order valence-corrected chi connectivity index (χ2v) is 3.07. The topological polar surface area (TPSA) is 17.1 Å². The molecular formula is C9H11OP. The van der Waals surface area contributed by atoms with Crippen LogP contribution in [-0.2, 0) is 0 Å². The lowest BCUT2D eigenvalue weighted by Crippen LogP contribution is -1.98. The summed E-state index contributed by atoms with van der Waals surface area (Å²) in [7, 11) is 2.59. The van der Waals surface area contributed by atoms with Crippen LogP contribution in [0, 0.1) is 0 Å². The monoisotopic (exact) mass is 166 g/mol. The Balaban J connectivity index is 2.90. The first-order valence-corrected chi connectivity index (χ1v) is 4.20. The van der Waals surface area contributed by atoms with Gasteiger partial charge >= 0.3 is 0 Å².